The van der Waals surface area contributed by atoms with Crippen LogP contribution in [0.15, 0.2) is 119 Å². The highest BCUT2D eigenvalue weighted by Crippen LogP contribution is 2.15. The van der Waals surface area contributed by atoms with Gasteiger partial charge in [0, 0.05) is 0 Å². The number of hydrogen-bond donors (Lipinski definition) is 0. The van der Waals surface area contributed by atoms with Crippen LogP contribution in [-0.4, -0.2) is 48.6 Å². The van der Waals surface area contributed by atoms with Gasteiger partial charge in [-0.2, -0.15) is 10.2 Å². The van der Waals surface area contributed by atoms with Crippen LogP contribution in [0.25, 0.3) is 0 Å². The molecule has 4 aromatic rings. The van der Waals surface area contributed by atoms with Crippen LogP contribution in [-0.2, 0) is 13.2 Å². The van der Waals surface area contributed by atoms with Gasteiger partial charge in [0.2, 0.25) is 0 Å². The van der Waals surface area contributed by atoms with Gasteiger partial charge < -0.3 is 9.47 Å². The molecule has 0 amide bonds. The normalized spacial score (nSPS) is 13.8. The van der Waals surface area contributed by atoms with Crippen molar-refractivity contribution in [1.29, 1.82) is 0 Å². The van der Waals surface area contributed by atoms with Crippen molar-refractivity contribution in [3.63, 3.8) is 0 Å². The summed E-state index contributed by atoms with van der Waals surface area (Å²) in [6.45, 7) is 4.46. The molecule has 0 saturated carbocycles. The molecule has 5 rings (SSSR count). The Morgan fingerprint density at radius 1 is 0.500 bits per heavy atom. The molecule has 4 aromatic carbocycles. The number of hydrazone groups is 2. The lowest BCUT2D eigenvalue weighted by atomic mass is 10.2. The third kappa shape index (κ3) is 7.71. The second-order valence-electron chi connectivity index (χ2n) is 9.08. The highest BCUT2D eigenvalue weighted by atomic mass is 16.5. The van der Waals surface area contributed by atoms with Crippen LogP contribution in [0.1, 0.15) is 22.3 Å². The zero-order chi connectivity index (χ0) is 25.8. The number of hydrogen-bond acceptors (Lipinski definition) is 6. The summed E-state index contributed by atoms with van der Waals surface area (Å²) in [5.74, 6) is 1.71. The summed E-state index contributed by atoms with van der Waals surface area (Å²) in [6.07, 6.45) is 3.81. The SMILES string of the molecule is C(=N/N1CCN(/N=C/c2ccc(OCc3ccccc3)cc2)CC1)/c1ccc(OCc2ccccc2)cc1. The predicted molar refractivity (Wildman–Crippen MR) is 153 cm³/mol. The van der Waals surface area contributed by atoms with Crippen molar-refractivity contribution in [2.75, 3.05) is 26.2 Å². The third-order valence-electron chi connectivity index (χ3n) is 6.23. The minimum atomic E-state index is 0.565. The second kappa shape index (κ2) is 13.1. The van der Waals surface area contributed by atoms with Crippen molar-refractivity contribution in [2.24, 2.45) is 10.2 Å². The number of piperazine rings is 1. The van der Waals surface area contributed by atoms with Crippen LogP contribution in [0.2, 0.25) is 0 Å². The summed E-state index contributed by atoms with van der Waals surface area (Å²) < 4.78 is 11.7. The monoisotopic (exact) mass is 504 g/mol. The van der Waals surface area contributed by atoms with Gasteiger partial charge in [-0.05, 0) is 70.8 Å². The van der Waals surface area contributed by atoms with Gasteiger partial charge >= 0.3 is 0 Å². The minimum absolute atomic E-state index is 0.565. The van der Waals surface area contributed by atoms with E-state index in [1.807, 2.05) is 97.4 Å². The van der Waals surface area contributed by atoms with Gasteiger partial charge in [-0.25, -0.2) is 0 Å². The Kier molecular flexibility index (Phi) is 8.65. The summed E-state index contributed by atoms with van der Waals surface area (Å²) in [6, 6.07) is 36.4. The van der Waals surface area contributed by atoms with Crippen molar-refractivity contribution >= 4 is 12.4 Å². The largest absolute Gasteiger partial charge is 0.489 e. The van der Waals surface area contributed by atoms with Crippen LogP contribution in [0.4, 0.5) is 0 Å². The number of ether oxygens (including phenoxy) is 2. The fourth-order valence-electron chi connectivity index (χ4n) is 3.99. The van der Waals surface area contributed by atoms with Gasteiger partial charge in [-0.15, -0.1) is 0 Å². The van der Waals surface area contributed by atoms with E-state index in [2.05, 4.69) is 44.5 Å². The maximum Gasteiger partial charge on any atom is 0.119 e. The molecule has 0 aromatic heterocycles. The van der Waals surface area contributed by atoms with E-state index in [1.54, 1.807) is 0 Å². The molecule has 0 spiro atoms. The van der Waals surface area contributed by atoms with Crippen LogP contribution in [0, 0.1) is 0 Å². The van der Waals surface area contributed by atoms with Gasteiger partial charge in [0.15, 0.2) is 0 Å². The first-order valence-electron chi connectivity index (χ1n) is 12.9. The molecule has 0 radical (unpaired) electrons. The van der Waals surface area contributed by atoms with Crippen LogP contribution < -0.4 is 9.47 Å². The van der Waals surface area contributed by atoms with Crippen LogP contribution >= 0.6 is 0 Å². The summed E-state index contributed by atoms with van der Waals surface area (Å²) in [5.41, 5.74) is 4.41. The van der Waals surface area contributed by atoms with Gasteiger partial charge in [0.05, 0.1) is 38.6 Å². The Morgan fingerprint density at radius 3 is 1.24 bits per heavy atom. The molecule has 1 fully saturated rings. The van der Waals surface area contributed by atoms with Gasteiger partial charge in [0.1, 0.15) is 24.7 Å². The van der Waals surface area contributed by atoms with Gasteiger partial charge in [-0.1, -0.05) is 60.7 Å². The maximum absolute atomic E-state index is 5.86. The van der Waals surface area contributed by atoms with Crippen LogP contribution in [0.3, 0.4) is 0 Å². The van der Waals surface area contributed by atoms with Crippen molar-refractivity contribution in [2.45, 2.75) is 13.2 Å². The molecule has 6 heteroatoms. The summed E-state index contributed by atoms with van der Waals surface area (Å²) in [4.78, 5) is 0. The average Bonchev–Trinajstić information content (AvgIpc) is 2.99. The lowest BCUT2D eigenvalue weighted by Crippen LogP contribution is -2.41. The molecule has 1 saturated heterocycles. The van der Waals surface area contributed by atoms with E-state index in [0.717, 1.165) is 59.9 Å². The summed E-state index contributed by atoms with van der Waals surface area (Å²) in [5, 5.41) is 13.5. The zero-order valence-electron chi connectivity index (χ0n) is 21.4. The first kappa shape index (κ1) is 25.1. The van der Waals surface area contributed by atoms with Crippen molar-refractivity contribution in [3.05, 3.63) is 131 Å². The molecule has 1 heterocycles. The topological polar surface area (TPSA) is 49.7 Å². The molecule has 0 unspecified atom stereocenters. The first-order valence-corrected chi connectivity index (χ1v) is 12.9. The van der Waals surface area contributed by atoms with E-state index in [1.165, 1.54) is 0 Å². The quantitative estimate of drug-likeness (QED) is 0.255. The Morgan fingerprint density at radius 2 is 0.868 bits per heavy atom. The van der Waals surface area contributed by atoms with E-state index in [0.29, 0.717) is 13.2 Å². The Balaban J connectivity index is 1.03. The number of rotatable bonds is 10. The van der Waals surface area contributed by atoms with Crippen LogP contribution in [0.5, 0.6) is 11.5 Å². The molecule has 192 valence electrons. The smallest absolute Gasteiger partial charge is 0.119 e. The van der Waals surface area contributed by atoms with E-state index in [9.17, 15) is 0 Å². The number of benzene rings is 4. The third-order valence-corrected chi connectivity index (χ3v) is 6.23. The molecular formula is C32H32N4O2. The second-order valence-corrected chi connectivity index (χ2v) is 9.08. The molecule has 38 heavy (non-hydrogen) atoms. The van der Waals surface area contributed by atoms with Crippen molar-refractivity contribution in [3.8, 4) is 11.5 Å². The standard InChI is InChI=1S/C32H32N4O2/c1-3-7-29(8-4-1)25-37-31-15-11-27(12-16-31)23-33-35-19-21-36(22-20-35)34-24-28-13-17-32(18-14-28)38-26-30-9-5-2-6-10-30/h1-18,23-24H,19-22,25-26H2/b33-23-,34-24+. The molecule has 0 aliphatic carbocycles. The van der Waals surface area contributed by atoms with E-state index in [4.69, 9.17) is 9.47 Å². The molecule has 1 aliphatic heterocycles. The minimum Gasteiger partial charge on any atom is -0.489 e. The molecule has 0 N–H and O–H groups in total. The Hall–Kier alpha value is -4.58. The molecule has 0 atom stereocenters. The molecular weight excluding hydrogens is 472 g/mol. The fraction of sp³-hybridized carbons (Fsp3) is 0.188. The summed E-state index contributed by atoms with van der Waals surface area (Å²) in [7, 11) is 0. The van der Waals surface area contributed by atoms with E-state index in [-0.39, 0.29) is 0 Å². The van der Waals surface area contributed by atoms with Gasteiger partial charge in [-0.3, -0.25) is 10.0 Å². The highest BCUT2D eigenvalue weighted by molar-refractivity contribution is 5.80. The maximum atomic E-state index is 5.86. The van der Waals surface area contributed by atoms with E-state index < -0.39 is 0 Å². The van der Waals surface area contributed by atoms with Crippen molar-refractivity contribution in [1.82, 2.24) is 10.0 Å². The Bertz CT molecular complexity index is 1190. The Labute approximate surface area is 224 Å². The summed E-state index contributed by atoms with van der Waals surface area (Å²) >= 11 is 0. The lowest BCUT2D eigenvalue weighted by molar-refractivity contribution is 0.141. The lowest BCUT2D eigenvalue weighted by Gasteiger charge is -2.31. The highest BCUT2D eigenvalue weighted by Gasteiger charge is 2.13. The molecule has 0 bridgehead atoms. The predicted octanol–water partition coefficient (Wildman–Crippen LogP) is 5.83. The first-order chi connectivity index (χ1) is 18.8. The zero-order valence-corrected chi connectivity index (χ0v) is 21.4. The molecule has 6 nitrogen and oxygen atoms in total. The van der Waals surface area contributed by atoms with Gasteiger partial charge in [0.25, 0.3) is 0 Å². The molecule has 1 aliphatic rings. The fourth-order valence-corrected chi connectivity index (χ4v) is 3.99. The average molecular weight is 505 g/mol. The number of nitrogens with zero attached hydrogens (tertiary/aromatic N) is 4. The van der Waals surface area contributed by atoms with E-state index >= 15 is 0 Å². The van der Waals surface area contributed by atoms with Crippen molar-refractivity contribution < 1.29 is 9.47 Å².